The van der Waals surface area contributed by atoms with Crippen LogP contribution in [0.25, 0.3) is 0 Å². The van der Waals surface area contributed by atoms with Crippen molar-refractivity contribution in [2.45, 2.75) is 39.5 Å². The smallest absolute Gasteiger partial charge is 0.343 e. The monoisotopic (exact) mass is 282 g/mol. The van der Waals surface area contributed by atoms with Crippen molar-refractivity contribution in [2.24, 2.45) is 0 Å². The molecule has 110 valence electrons. The Kier molecular flexibility index (Phi) is 5.56. The lowest BCUT2D eigenvalue weighted by molar-refractivity contribution is 0.0734. The molecule has 2 heteroatoms. The molecule has 0 aliphatic heterocycles. The van der Waals surface area contributed by atoms with Crippen LogP contribution in [0.3, 0.4) is 0 Å². The molecule has 0 heterocycles. The van der Waals surface area contributed by atoms with Gasteiger partial charge in [0.15, 0.2) is 0 Å². The summed E-state index contributed by atoms with van der Waals surface area (Å²) in [6.07, 6.45) is 4.74. The van der Waals surface area contributed by atoms with E-state index in [4.69, 9.17) is 4.74 Å². The van der Waals surface area contributed by atoms with Crippen molar-refractivity contribution in [1.82, 2.24) is 0 Å². The van der Waals surface area contributed by atoms with Crippen molar-refractivity contribution in [1.29, 1.82) is 0 Å². The zero-order valence-corrected chi connectivity index (χ0v) is 12.8. The fourth-order valence-corrected chi connectivity index (χ4v) is 2.16. The second kappa shape index (κ2) is 7.63. The van der Waals surface area contributed by atoms with Gasteiger partial charge in [-0.1, -0.05) is 49.6 Å². The van der Waals surface area contributed by atoms with Crippen LogP contribution in [-0.2, 0) is 6.42 Å². The Morgan fingerprint density at radius 2 is 1.62 bits per heavy atom. The fourth-order valence-electron chi connectivity index (χ4n) is 2.16. The maximum absolute atomic E-state index is 12.0. The average Bonchev–Trinajstić information content (AvgIpc) is 2.50. The first-order chi connectivity index (χ1) is 10.2. The Labute approximate surface area is 126 Å². The van der Waals surface area contributed by atoms with Gasteiger partial charge in [-0.05, 0) is 49.6 Å². The van der Waals surface area contributed by atoms with E-state index in [1.165, 1.54) is 24.8 Å². The van der Waals surface area contributed by atoms with Crippen LogP contribution < -0.4 is 4.74 Å². The van der Waals surface area contributed by atoms with Crippen LogP contribution in [0.5, 0.6) is 5.75 Å². The largest absolute Gasteiger partial charge is 0.423 e. The summed E-state index contributed by atoms with van der Waals surface area (Å²) in [6, 6.07) is 15.2. The van der Waals surface area contributed by atoms with E-state index < -0.39 is 0 Å². The molecule has 0 unspecified atom stereocenters. The highest BCUT2D eigenvalue weighted by Gasteiger charge is 2.08. The molecule has 0 spiro atoms. The zero-order chi connectivity index (χ0) is 15.1. The van der Waals surface area contributed by atoms with Gasteiger partial charge in [-0.3, -0.25) is 0 Å². The summed E-state index contributed by atoms with van der Waals surface area (Å²) in [5.41, 5.74) is 3.01. The van der Waals surface area contributed by atoms with E-state index in [-0.39, 0.29) is 5.97 Å². The minimum Gasteiger partial charge on any atom is -0.423 e. The summed E-state index contributed by atoms with van der Waals surface area (Å²) in [5, 5.41) is 0. The number of unbranched alkanes of at least 4 members (excludes halogenated alkanes) is 2. The molecule has 0 saturated heterocycles. The molecule has 2 rings (SSSR count). The first-order valence-electron chi connectivity index (χ1n) is 7.57. The van der Waals surface area contributed by atoms with Crippen LogP contribution in [0.2, 0.25) is 0 Å². The number of carbonyl (C=O) groups is 1. The molecule has 0 saturated carbocycles. The Morgan fingerprint density at radius 1 is 0.952 bits per heavy atom. The van der Waals surface area contributed by atoms with Gasteiger partial charge in [0.05, 0.1) is 5.56 Å². The van der Waals surface area contributed by atoms with Crippen LogP contribution in [0.15, 0.2) is 48.5 Å². The lowest BCUT2D eigenvalue weighted by Crippen LogP contribution is -2.08. The lowest BCUT2D eigenvalue weighted by atomic mass is 10.1. The van der Waals surface area contributed by atoms with Gasteiger partial charge in [0.2, 0.25) is 0 Å². The topological polar surface area (TPSA) is 26.3 Å². The molecule has 2 nitrogen and oxygen atoms in total. The van der Waals surface area contributed by atoms with E-state index in [1.807, 2.05) is 55.5 Å². The number of hydrogen-bond donors (Lipinski definition) is 0. The Balaban J connectivity index is 1.94. The van der Waals surface area contributed by atoms with Crippen molar-refractivity contribution < 1.29 is 9.53 Å². The number of carbonyl (C=O) groups excluding carboxylic acids is 1. The first-order valence-corrected chi connectivity index (χ1v) is 7.57. The molecular weight excluding hydrogens is 260 g/mol. The summed E-state index contributed by atoms with van der Waals surface area (Å²) in [4.78, 5) is 12.0. The predicted octanol–water partition coefficient (Wildman–Crippen LogP) is 4.95. The fraction of sp³-hybridized carbons (Fsp3) is 0.316. The summed E-state index contributed by atoms with van der Waals surface area (Å²) < 4.78 is 5.35. The second-order valence-corrected chi connectivity index (χ2v) is 5.36. The first kappa shape index (κ1) is 15.3. The van der Waals surface area contributed by atoms with Gasteiger partial charge in [0.1, 0.15) is 5.75 Å². The molecule has 0 N–H and O–H groups in total. The zero-order valence-electron chi connectivity index (χ0n) is 12.8. The third-order valence-electron chi connectivity index (χ3n) is 3.49. The Hall–Kier alpha value is -2.09. The van der Waals surface area contributed by atoms with Crippen LogP contribution >= 0.6 is 0 Å². The standard InChI is InChI=1S/C19H22O2/c1-3-4-5-6-16-9-11-17(12-10-16)19(20)21-18-13-7-15(2)8-14-18/h7-14H,3-6H2,1-2H3. The van der Waals surface area contributed by atoms with Gasteiger partial charge in [0.25, 0.3) is 0 Å². The van der Waals surface area contributed by atoms with E-state index in [9.17, 15) is 4.79 Å². The highest BCUT2D eigenvalue weighted by molar-refractivity contribution is 5.91. The van der Waals surface area contributed by atoms with Crippen molar-refractivity contribution in [3.8, 4) is 5.75 Å². The molecule has 0 radical (unpaired) electrons. The van der Waals surface area contributed by atoms with Crippen molar-refractivity contribution in [3.05, 3.63) is 65.2 Å². The summed E-state index contributed by atoms with van der Waals surface area (Å²) in [5.74, 6) is 0.275. The molecule has 0 aromatic heterocycles. The highest BCUT2D eigenvalue weighted by atomic mass is 16.5. The molecule has 21 heavy (non-hydrogen) atoms. The summed E-state index contributed by atoms with van der Waals surface area (Å²) >= 11 is 0. The van der Waals surface area contributed by atoms with Crippen LogP contribution in [0.1, 0.15) is 47.7 Å². The van der Waals surface area contributed by atoms with Gasteiger partial charge in [-0.2, -0.15) is 0 Å². The highest BCUT2D eigenvalue weighted by Crippen LogP contribution is 2.15. The number of ether oxygens (including phenoxy) is 1. The van der Waals surface area contributed by atoms with Crippen molar-refractivity contribution in [2.75, 3.05) is 0 Å². The van der Waals surface area contributed by atoms with E-state index >= 15 is 0 Å². The quantitative estimate of drug-likeness (QED) is 0.426. The average molecular weight is 282 g/mol. The second-order valence-electron chi connectivity index (χ2n) is 5.36. The molecule has 0 aliphatic rings. The minimum atomic E-state index is -0.307. The SMILES string of the molecule is CCCCCc1ccc(C(=O)Oc2ccc(C)cc2)cc1. The molecular formula is C19H22O2. The van der Waals surface area contributed by atoms with Crippen molar-refractivity contribution >= 4 is 5.97 Å². The van der Waals surface area contributed by atoms with Gasteiger partial charge >= 0.3 is 5.97 Å². The Bertz CT molecular complexity index is 568. The molecule has 0 fully saturated rings. The van der Waals surface area contributed by atoms with E-state index in [2.05, 4.69) is 6.92 Å². The van der Waals surface area contributed by atoms with Gasteiger partial charge in [-0.15, -0.1) is 0 Å². The number of hydrogen-bond acceptors (Lipinski definition) is 2. The Morgan fingerprint density at radius 3 is 2.24 bits per heavy atom. The molecule has 2 aromatic rings. The minimum absolute atomic E-state index is 0.307. The van der Waals surface area contributed by atoms with Crippen molar-refractivity contribution in [3.63, 3.8) is 0 Å². The van der Waals surface area contributed by atoms with Crippen LogP contribution in [0.4, 0.5) is 0 Å². The third-order valence-corrected chi connectivity index (χ3v) is 3.49. The summed E-state index contributed by atoms with van der Waals surface area (Å²) in [6.45, 7) is 4.20. The lowest BCUT2D eigenvalue weighted by Gasteiger charge is -2.06. The normalized spacial score (nSPS) is 10.4. The molecule has 2 aromatic carbocycles. The number of rotatable bonds is 6. The van der Waals surface area contributed by atoms with Crippen LogP contribution in [0, 0.1) is 6.92 Å². The molecule has 0 amide bonds. The molecule has 0 atom stereocenters. The maximum atomic E-state index is 12.0. The number of esters is 1. The van der Waals surface area contributed by atoms with E-state index in [0.717, 1.165) is 12.0 Å². The van der Waals surface area contributed by atoms with Gasteiger partial charge in [0, 0.05) is 0 Å². The molecule has 0 aliphatic carbocycles. The van der Waals surface area contributed by atoms with E-state index in [1.54, 1.807) is 0 Å². The number of aryl methyl sites for hydroxylation is 2. The maximum Gasteiger partial charge on any atom is 0.343 e. The summed E-state index contributed by atoms with van der Waals surface area (Å²) in [7, 11) is 0. The van der Waals surface area contributed by atoms with Gasteiger partial charge < -0.3 is 4.74 Å². The predicted molar refractivity (Wildman–Crippen MR) is 85.8 cm³/mol. The van der Waals surface area contributed by atoms with E-state index in [0.29, 0.717) is 11.3 Å². The number of benzene rings is 2. The third kappa shape index (κ3) is 4.75. The van der Waals surface area contributed by atoms with Gasteiger partial charge in [-0.25, -0.2) is 4.79 Å². The van der Waals surface area contributed by atoms with Crippen LogP contribution in [-0.4, -0.2) is 5.97 Å². The molecule has 0 bridgehead atoms.